The second-order valence-corrected chi connectivity index (χ2v) is 14.6. The van der Waals surface area contributed by atoms with Crippen LogP contribution in [0, 0.1) is 5.92 Å². The molecule has 2 heterocycles. The van der Waals surface area contributed by atoms with Crippen molar-refractivity contribution in [2.24, 2.45) is 5.92 Å². The van der Waals surface area contributed by atoms with Crippen LogP contribution in [0.4, 0.5) is 20.2 Å². The maximum atomic E-state index is 14.0. The zero-order chi connectivity index (χ0) is 40.0. The molecule has 1 saturated heterocycles. The van der Waals surface area contributed by atoms with Crippen molar-refractivity contribution in [3.05, 3.63) is 77.5 Å². The number of rotatable bonds is 11. The minimum Gasteiger partial charge on any atom is -0.496 e. The van der Waals surface area contributed by atoms with Crippen LogP contribution in [-0.4, -0.2) is 78.5 Å². The van der Waals surface area contributed by atoms with E-state index < -0.39 is 59.2 Å². The Bertz CT molecular complexity index is 1800. The molecule has 1 aliphatic rings. The largest absolute Gasteiger partial charge is 0.496 e. The first kappa shape index (κ1) is 40.9. The Labute approximate surface area is 315 Å². The molecule has 3 aromatic rings. The van der Waals surface area contributed by atoms with Crippen LogP contribution < -0.4 is 29.7 Å². The standard InChI is InChI=1S/C39H49N5O10/c1-23(25-14-12-11-13-15-25)42-35(47)44-32(33(45)41-22-28-29(51-9)20-26(50-8)21-30(28)52-10)27(34(44)46)18-24-16-17-40-31(19-24)43(36(48)53-38(2,3)4)37(49)54-39(5,6)7/h11-17,19-21,23,27,32H,18,22H2,1-10H3,(H,41,45)(H,42,47)/t23-,27-,32+/m1/s1. The molecule has 1 aliphatic heterocycles. The van der Waals surface area contributed by atoms with E-state index in [1.165, 1.54) is 33.6 Å². The van der Waals surface area contributed by atoms with Crippen LogP contribution in [0.15, 0.2) is 60.8 Å². The Morgan fingerprint density at radius 2 is 1.43 bits per heavy atom. The highest BCUT2D eigenvalue weighted by Gasteiger charge is 2.54. The Kier molecular flexibility index (Phi) is 12.8. The van der Waals surface area contributed by atoms with Crippen molar-refractivity contribution in [1.29, 1.82) is 0 Å². The lowest BCUT2D eigenvalue weighted by Crippen LogP contribution is -2.70. The van der Waals surface area contributed by atoms with Crippen LogP contribution in [0.5, 0.6) is 17.2 Å². The lowest BCUT2D eigenvalue weighted by molar-refractivity contribution is -0.157. The minimum atomic E-state index is -1.24. The van der Waals surface area contributed by atoms with E-state index in [2.05, 4.69) is 15.6 Å². The summed E-state index contributed by atoms with van der Waals surface area (Å²) < 4.78 is 27.4. The van der Waals surface area contributed by atoms with E-state index in [9.17, 15) is 24.0 Å². The number of carbonyl (C=O) groups is 5. The first-order valence-electron chi connectivity index (χ1n) is 17.3. The summed E-state index contributed by atoms with van der Waals surface area (Å²) in [6, 6.07) is 13.0. The number of hydrogen-bond donors (Lipinski definition) is 2. The van der Waals surface area contributed by atoms with Gasteiger partial charge in [0.1, 0.15) is 40.3 Å². The van der Waals surface area contributed by atoms with E-state index in [0.717, 1.165) is 10.5 Å². The van der Waals surface area contributed by atoms with E-state index in [1.807, 2.05) is 30.3 Å². The Morgan fingerprint density at radius 3 is 1.94 bits per heavy atom. The van der Waals surface area contributed by atoms with Gasteiger partial charge in [0.15, 0.2) is 0 Å². The topological polar surface area (TPSA) is 175 Å². The summed E-state index contributed by atoms with van der Waals surface area (Å²) in [5, 5.41) is 5.66. The molecule has 0 unspecified atom stereocenters. The molecule has 1 aromatic heterocycles. The highest BCUT2D eigenvalue weighted by Crippen LogP contribution is 2.35. The van der Waals surface area contributed by atoms with Gasteiger partial charge >= 0.3 is 18.2 Å². The third kappa shape index (κ3) is 9.96. The van der Waals surface area contributed by atoms with Crippen molar-refractivity contribution in [1.82, 2.24) is 20.5 Å². The first-order valence-corrected chi connectivity index (χ1v) is 17.3. The monoisotopic (exact) mass is 747 g/mol. The fourth-order valence-electron chi connectivity index (χ4n) is 5.73. The maximum absolute atomic E-state index is 14.0. The number of hydrogen-bond acceptors (Lipinski definition) is 11. The number of ether oxygens (including phenoxy) is 5. The van der Waals surface area contributed by atoms with Gasteiger partial charge in [0.25, 0.3) is 0 Å². The van der Waals surface area contributed by atoms with Gasteiger partial charge < -0.3 is 34.3 Å². The summed E-state index contributed by atoms with van der Waals surface area (Å²) in [4.78, 5) is 73.8. The molecule has 0 spiro atoms. The molecule has 3 atom stereocenters. The summed E-state index contributed by atoms with van der Waals surface area (Å²) in [6.07, 6.45) is -0.717. The van der Waals surface area contributed by atoms with Crippen LogP contribution in [0.25, 0.3) is 0 Å². The Balaban J connectivity index is 1.65. The number of anilines is 1. The minimum absolute atomic E-state index is 0.0455. The third-order valence-corrected chi connectivity index (χ3v) is 8.24. The molecule has 2 aromatic carbocycles. The molecular weight excluding hydrogens is 698 g/mol. The van der Waals surface area contributed by atoms with Crippen molar-refractivity contribution in [3.8, 4) is 17.2 Å². The number of pyridine rings is 1. The number of nitrogens with one attached hydrogen (secondary N) is 2. The lowest BCUT2D eigenvalue weighted by Gasteiger charge is -2.44. The summed E-state index contributed by atoms with van der Waals surface area (Å²) in [5.41, 5.74) is -0.137. The molecule has 0 saturated carbocycles. The number of imide groups is 2. The fraction of sp³-hybridized carbons (Fsp3) is 0.436. The summed E-state index contributed by atoms with van der Waals surface area (Å²) in [7, 11) is 4.44. The van der Waals surface area contributed by atoms with Crippen LogP contribution >= 0.6 is 0 Å². The van der Waals surface area contributed by atoms with Gasteiger partial charge in [-0.25, -0.2) is 19.4 Å². The third-order valence-electron chi connectivity index (χ3n) is 8.24. The van der Waals surface area contributed by atoms with Gasteiger partial charge in [0.05, 0.1) is 45.4 Å². The van der Waals surface area contributed by atoms with Crippen molar-refractivity contribution < 1.29 is 47.7 Å². The van der Waals surface area contributed by atoms with Crippen molar-refractivity contribution in [3.63, 3.8) is 0 Å². The van der Waals surface area contributed by atoms with Gasteiger partial charge in [-0.1, -0.05) is 30.3 Å². The number of likely N-dealkylation sites (tertiary alicyclic amines) is 1. The summed E-state index contributed by atoms with van der Waals surface area (Å²) >= 11 is 0. The molecule has 0 bridgehead atoms. The van der Waals surface area contributed by atoms with Gasteiger partial charge in [0.2, 0.25) is 11.8 Å². The molecular formula is C39H49N5O10. The molecule has 1 fully saturated rings. The zero-order valence-electron chi connectivity index (χ0n) is 32.3. The van der Waals surface area contributed by atoms with Crippen LogP contribution in [0.2, 0.25) is 0 Å². The summed E-state index contributed by atoms with van der Waals surface area (Å²) in [5.74, 6) is -1.07. The molecule has 2 N–H and O–H groups in total. The van der Waals surface area contributed by atoms with E-state index >= 15 is 0 Å². The highest BCUT2D eigenvalue weighted by atomic mass is 16.6. The van der Waals surface area contributed by atoms with Crippen molar-refractivity contribution in [2.45, 2.75) is 84.7 Å². The van der Waals surface area contributed by atoms with Crippen molar-refractivity contribution in [2.75, 3.05) is 26.2 Å². The second-order valence-electron chi connectivity index (χ2n) is 14.6. The predicted octanol–water partition coefficient (Wildman–Crippen LogP) is 5.94. The molecule has 15 nitrogen and oxygen atoms in total. The van der Waals surface area contributed by atoms with Gasteiger partial charge in [-0.3, -0.25) is 14.5 Å². The molecule has 290 valence electrons. The van der Waals surface area contributed by atoms with E-state index in [-0.39, 0.29) is 18.8 Å². The van der Waals surface area contributed by atoms with E-state index in [4.69, 9.17) is 23.7 Å². The molecule has 15 heteroatoms. The summed E-state index contributed by atoms with van der Waals surface area (Å²) in [6.45, 7) is 11.6. The Hall–Kier alpha value is -5.86. The predicted molar refractivity (Wildman–Crippen MR) is 198 cm³/mol. The fourth-order valence-corrected chi connectivity index (χ4v) is 5.73. The van der Waals surface area contributed by atoms with Gasteiger partial charge in [0, 0.05) is 18.3 Å². The number of amides is 6. The number of carbonyl (C=O) groups excluding carboxylic acids is 5. The molecule has 6 amide bonds. The number of urea groups is 1. The van der Waals surface area contributed by atoms with Gasteiger partial charge in [-0.15, -0.1) is 0 Å². The highest BCUT2D eigenvalue weighted by molar-refractivity contribution is 6.10. The van der Waals surface area contributed by atoms with Gasteiger partial charge in [-0.2, -0.15) is 4.90 Å². The van der Waals surface area contributed by atoms with E-state index in [0.29, 0.717) is 33.3 Å². The number of β-lactam (4-membered cyclic amide) rings is 1. The van der Waals surface area contributed by atoms with Crippen LogP contribution in [0.3, 0.4) is 0 Å². The van der Waals surface area contributed by atoms with Crippen molar-refractivity contribution >= 4 is 35.8 Å². The molecule has 54 heavy (non-hydrogen) atoms. The zero-order valence-corrected chi connectivity index (χ0v) is 32.3. The SMILES string of the molecule is COc1cc(OC)c(CNC(=O)[C@@H]2[C@@H](Cc3ccnc(N(C(=O)OC(C)(C)C)C(=O)OC(C)(C)C)c3)C(=O)N2C(=O)N[C@H](C)c2ccccc2)c(OC)c1. The number of benzene rings is 2. The maximum Gasteiger partial charge on any atom is 0.425 e. The van der Waals surface area contributed by atoms with Crippen LogP contribution in [-0.2, 0) is 32.0 Å². The second kappa shape index (κ2) is 16.9. The van der Waals surface area contributed by atoms with Gasteiger partial charge in [-0.05, 0) is 78.1 Å². The average Bonchev–Trinajstić information content (AvgIpc) is 3.10. The number of nitrogens with zero attached hydrogens (tertiary/aromatic N) is 3. The molecule has 4 rings (SSSR count). The van der Waals surface area contributed by atoms with E-state index in [1.54, 1.807) is 66.7 Å². The average molecular weight is 748 g/mol. The Morgan fingerprint density at radius 1 is 0.852 bits per heavy atom. The lowest BCUT2D eigenvalue weighted by atomic mass is 9.82. The number of methoxy groups -OCH3 is 3. The quantitative estimate of drug-likeness (QED) is 0.222. The molecule has 0 aliphatic carbocycles. The molecule has 0 radical (unpaired) electrons. The first-order chi connectivity index (χ1) is 25.4. The smallest absolute Gasteiger partial charge is 0.425 e. The normalized spacial score (nSPS) is 16.0. The number of aromatic nitrogens is 1. The van der Waals surface area contributed by atoms with Crippen LogP contribution in [0.1, 0.15) is 71.2 Å².